The van der Waals surface area contributed by atoms with E-state index in [1.807, 2.05) is 12.1 Å². The molecule has 0 aromatic heterocycles. The number of fused-ring (bicyclic) bond motifs is 1. The highest BCUT2D eigenvalue weighted by molar-refractivity contribution is 7.92. The monoisotopic (exact) mass is 357 g/mol. The van der Waals surface area contributed by atoms with Gasteiger partial charge in [-0.3, -0.25) is 4.79 Å². The molecule has 0 unspecified atom stereocenters. The lowest BCUT2D eigenvalue weighted by molar-refractivity contribution is 0.0985. The Balaban J connectivity index is 1.90. The van der Waals surface area contributed by atoms with Crippen LogP contribution in [-0.4, -0.2) is 26.1 Å². The third-order valence-electron chi connectivity index (χ3n) is 4.65. The number of sulfone groups is 1. The van der Waals surface area contributed by atoms with Gasteiger partial charge in [0.25, 0.3) is 5.91 Å². The number of amides is 1. The Morgan fingerprint density at radius 2 is 1.76 bits per heavy atom. The molecule has 1 amide bonds. The summed E-state index contributed by atoms with van der Waals surface area (Å²) in [5, 5.41) is -0.480. The molecule has 0 atom stereocenters. The number of carbonyl (C=O) groups excluding carboxylic acids is 1. The van der Waals surface area contributed by atoms with Gasteiger partial charge in [0.1, 0.15) is 0 Å². The molecule has 4 nitrogen and oxygen atoms in total. The van der Waals surface area contributed by atoms with Crippen LogP contribution >= 0.6 is 0 Å². The molecule has 0 fully saturated rings. The van der Waals surface area contributed by atoms with Crippen LogP contribution in [-0.2, 0) is 16.3 Å². The molecule has 0 N–H and O–H groups in total. The minimum Gasteiger partial charge on any atom is -0.308 e. The van der Waals surface area contributed by atoms with Gasteiger partial charge in [-0.25, -0.2) is 8.42 Å². The lowest BCUT2D eigenvalue weighted by Crippen LogP contribution is -2.35. The van der Waals surface area contributed by atoms with E-state index in [0.29, 0.717) is 12.1 Å². The summed E-state index contributed by atoms with van der Waals surface area (Å²) in [5.74, 6) is -0.0849. The summed E-state index contributed by atoms with van der Waals surface area (Å²) in [5.41, 5.74) is 3.85. The standard InChI is InChI=1S/C20H23NO3S/c1-14(2)25(23,24)18-9-7-16(8-10-18)20(22)21-12-4-5-17-13-15(3)6-11-19(17)21/h6-11,13-14H,4-5,12H2,1-3H3. The van der Waals surface area contributed by atoms with Crippen LogP contribution in [0.25, 0.3) is 0 Å². The highest BCUT2D eigenvalue weighted by Gasteiger charge is 2.24. The van der Waals surface area contributed by atoms with Gasteiger partial charge >= 0.3 is 0 Å². The molecule has 1 aliphatic rings. The van der Waals surface area contributed by atoms with E-state index >= 15 is 0 Å². The first kappa shape index (κ1) is 17.7. The van der Waals surface area contributed by atoms with Crippen molar-refractivity contribution in [3.63, 3.8) is 0 Å². The summed E-state index contributed by atoms with van der Waals surface area (Å²) in [6, 6.07) is 12.4. The second kappa shape index (κ2) is 6.64. The van der Waals surface area contributed by atoms with Gasteiger partial charge in [-0.2, -0.15) is 0 Å². The normalized spacial score (nSPS) is 14.5. The molecule has 2 aromatic rings. The smallest absolute Gasteiger partial charge is 0.258 e. The van der Waals surface area contributed by atoms with Crippen molar-refractivity contribution < 1.29 is 13.2 Å². The predicted octanol–water partition coefficient (Wildman–Crippen LogP) is 3.77. The quantitative estimate of drug-likeness (QED) is 0.840. The molecule has 1 aliphatic heterocycles. The highest BCUT2D eigenvalue weighted by atomic mass is 32.2. The van der Waals surface area contributed by atoms with E-state index in [-0.39, 0.29) is 10.8 Å². The van der Waals surface area contributed by atoms with Crippen molar-refractivity contribution in [1.29, 1.82) is 0 Å². The van der Waals surface area contributed by atoms with E-state index < -0.39 is 15.1 Å². The average molecular weight is 357 g/mol. The first-order valence-corrected chi connectivity index (χ1v) is 10.1. The van der Waals surface area contributed by atoms with Gasteiger partial charge in [0.15, 0.2) is 9.84 Å². The zero-order valence-corrected chi connectivity index (χ0v) is 15.6. The van der Waals surface area contributed by atoms with Crippen molar-refractivity contribution in [2.24, 2.45) is 0 Å². The average Bonchev–Trinajstić information content (AvgIpc) is 2.60. The fourth-order valence-corrected chi connectivity index (χ4v) is 4.21. The summed E-state index contributed by atoms with van der Waals surface area (Å²) in [6.45, 7) is 6.04. The Bertz CT molecular complexity index is 899. The van der Waals surface area contributed by atoms with E-state index in [4.69, 9.17) is 0 Å². The fourth-order valence-electron chi connectivity index (χ4n) is 3.15. The minimum absolute atomic E-state index is 0.0849. The van der Waals surface area contributed by atoms with E-state index in [9.17, 15) is 13.2 Å². The number of carbonyl (C=O) groups is 1. The molecule has 2 aromatic carbocycles. The molecule has 0 saturated heterocycles. The minimum atomic E-state index is -3.32. The largest absolute Gasteiger partial charge is 0.308 e. The van der Waals surface area contributed by atoms with Gasteiger partial charge in [-0.05, 0) is 69.5 Å². The van der Waals surface area contributed by atoms with Gasteiger partial charge in [-0.15, -0.1) is 0 Å². The molecule has 0 spiro atoms. The van der Waals surface area contributed by atoms with Crippen molar-refractivity contribution in [1.82, 2.24) is 0 Å². The topological polar surface area (TPSA) is 54.5 Å². The maximum Gasteiger partial charge on any atom is 0.258 e. The van der Waals surface area contributed by atoms with Gasteiger partial charge in [-0.1, -0.05) is 17.7 Å². The summed E-state index contributed by atoms with van der Waals surface area (Å²) in [4.78, 5) is 15.0. The Hall–Kier alpha value is -2.14. The molecular weight excluding hydrogens is 334 g/mol. The third kappa shape index (κ3) is 3.33. The number of anilines is 1. The van der Waals surface area contributed by atoms with E-state index in [2.05, 4.69) is 13.0 Å². The van der Waals surface area contributed by atoms with Gasteiger partial charge < -0.3 is 4.90 Å². The van der Waals surface area contributed by atoms with Crippen molar-refractivity contribution in [3.8, 4) is 0 Å². The Kier molecular flexibility index (Phi) is 4.69. The number of hydrogen-bond acceptors (Lipinski definition) is 3. The molecule has 0 bridgehead atoms. The van der Waals surface area contributed by atoms with Gasteiger partial charge in [0, 0.05) is 17.8 Å². The SMILES string of the molecule is Cc1ccc2c(c1)CCCN2C(=O)c1ccc(S(=O)(=O)C(C)C)cc1. The van der Waals surface area contributed by atoms with Crippen LogP contribution in [0, 0.1) is 6.92 Å². The molecule has 3 rings (SSSR count). The molecule has 132 valence electrons. The molecular formula is C20H23NO3S. The third-order valence-corrected chi connectivity index (χ3v) is 6.82. The van der Waals surface area contributed by atoms with Crippen LogP contribution in [0.15, 0.2) is 47.4 Å². The Labute approximate surface area is 149 Å². The van der Waals surface area contributed by atoms with Crippen molar-refractivity contribution in [3.05, 3.63) is 59.2 Å². The zero-order chi connectivity index (χ0) is 18.2. The lowest BCUT2D eigenvalue weighted by Gasteiger charge is -2.30. The van der Waals surface area contributed by atoms with Crippen LogP contribution in [0.3, 0.4) is 0 Å². The second-order valence-electron chi connectivity index (χ2n) is 6.81. The van der Waals surface area contributed by atoms with Crippen molar-refractivity contribution in [2.45, 2.75) is 43.8 Å². The summed E-state index contributed by atoms with van der Waals surface area (Å²) >= 11 is 0. The first-order valence-electron chi connectivity index (χ1n) is 8.56. The van der Waals surface area contributed by atoms with Gasteiger partial charge in [0.05, 0.1) is 10.1 Å². The maximum atomic E-state index is 12.9. The van der Waals surface area contributed by atoms with Gasteiger partial charge in [0.2, 0.25) is 0 Å². The molecule has 0 saturated carbocycles. The zero-order valence-electron chi connectivity index (χ0n) is 14.8. The van der Waals surface area contributed by atoms with Crippen LogP contribution in [0.5, 0.6) is 0 Å². The van der Waals surface area contributed by atoms with Crippen LogP contribution < -0.4 is 4.90 Å². The molecule has 5 heteroatoms. The number of rotatable bonds is 3. The lowest BCUT2D eigenvalue weighted by atomic mass is 9.99. The van der Waals surface area contributed by atoms with E-state index in [1.54, 1.807) is 30.9 Å². The Morgan fingerprint density at radius 3 is 2.40 bits per heavy atom. The number of hydrogen-bond donors (Lipinski definition) is 0. The molecule has 0 aliphatic carbocycles. The van der Waals surface area contributed by atoms with Crippen LogP contribution in [0.2, 0.25) is 0 Å². The Morgan fingerprint density at radius 1 is 1.08 bits per heavy atom. The summed E-state index contributed by atoms with van der Waals surface area (Å²) < 4.78 is 24.4. The maximum absolute atomic E-state index is 12.9. The summed E-state index contributed by atoms with van der Waals surface area (Å²) in [7, 11) is -3.32. The molecule has 25 heavy (non-hydrogen) atoms. The van der Waals surface area contributed by atoms with Crippen molar-refractivity contribution >= 4 is 21.4 Å². The summed E-state index contributed by atoms with van der Waals surface area (Å²) in [6.07, 6.45) is 1.91. The van der Waals surface area contributed by atoms with E-state index in [1.165, 1.54) is 23.3 Å². The molecule has 1 heterocycles. The number of aryl methyl sites for hydroxylation is 2. The molecule has 0 radical (unpaired) electrons. The highest BCUT2D eigenvalue weighted by Crippen LogP contribution is 2.29. The van der Waals surface area contributed by atoms with E-state index in [0.717, 1.165) is 18.5 Å². The number of nitrogens with zero attached hydrogens (tertiary/aromatic N) is 1. The first-order chi connectivity index (χ1) is 11.8. The van der Waals surface area contributed by atoms with Crippen LogP contribution in [0.1, 0.15) is 41.8 Å². The number of benzene rings is 2. The van der Waals surface area contributed by atoms with Crippen LogP contribution in [0.4, 0.5) is 5.69 Å². The fraction of sp³-hybridized carbons (Fsp3) is 0.350. The second-order valence-corrected chi connectivity index (χ2v) is 9.31. The predicted molar refractivity (Wildman–Crippen MR) is 99.9 cm³/mol. The van der Waals surface area contributed by atoms with Crippen molar-refractivity contribution in [2.75, 3.05) is 11.4 Å².